The topological polar surface area (TPSA) is 34.1 Å². The monoisotopic (exact) mass is 194 g/mol. The Labute approximate surface area is 85.5 Å². The number of pyridine rings is 1. The third-order valence-electron chi connectivity index (χ3n) is 2.00. The Kier molecular flexibility index (Phi) is 4.40. The molecule has 14 heavy (non-hydrogen) atoms. The first-order chi connectivity index (χ1) is 6.72. The summed E-state index contributed by atoms with van der Waals surface area (Å²) in [6.07, 6.45) is 1.82. The number of methoxy groups -OCH3 is 1. The van der Waals surface area contributed by atoms with Crippen molar-refractivity contribution >= 4 is 5.82 Å². The van der Waals surface area contributed by atoms with Crippen molar-refractivity contribution in [2.75, 3.05) is 25.6 Å². The van der Waals surface area contributed by atoms with Crippen LogP contribution in [0.2, 0.25) is 0 Å². The van der Waals surface area contributed by atoms with E-state index in [0.29, 0.717) is 5.92 Å². The van der Waals surface area contributed by atoms with Gasteiger partial charge < -0.3 is 10.1 Å². The lowest BCUT2D eigenvalue weighted by atomic mass is 10.2. The van der Waals surface area contributed by atoms with Gasteiger partial charge in [0.25, 0.3) is 0 Å². The van der Waals surface area contributed by atoms with Gasteiger partial charge in [-0.05, 0) is 30.5 Å². The van der Waals surface area contributed by atoms with Crippen LogP contribution < -0.4 is 5.32 Å². The molecule has 0 aliphatic carbocycles. The first-order valence-corrected chi connectivity index (χ1v) is 4.88. The summed E-state index contributed by atoms with van der Waals surface area (Å²) in [5.74, 6) is 1.44. The molecule has 0 radical (unpaired) electrons. The molecule has 3 nitrogen and oxygen atoms in total. The maximum Gasteiger partial charge on any atom is 0.126 e. The summed E-state index contributed by atoms with van der Waals surface area (Å²) in [7, 11) is 1.72. The lowest BCUT2D eigenvalue weighted by Crippen LogP contribution is -2.16. The highest BCUT2D eigenvalue weighted by Gasteiger charge is 2.01. The van der Waals surface area contributed by atoms with Gasteiger partial charge in [0.2, 0.25) is 0 Å². The van der Waals surface area contributed by atoms with Crippen LogP contribution in [0.5, 0.6) is 0 Å². The number of aromatic nitrogens is 1. The third kappa shape index (κ3) is 3.75. The van der Waals surface area contributed by atoms with Gasteiger partial charge in [-0.3, -0.25) is 0 Å². The quantitative estimate of drug-likeness (QED) is 0.779. The van der Waals surface area contributed by atoms with Crippen molar-refractivity contribution in [3.05, 3.63) is 23.9 Å². The molecule has 0 aliphatic rings. The Morgan fingerprint density at radius 1 is 1.57 bits per heavy atom. The molecule has 0 bridgehead atoms. The maximum atomic E-state index is 5.06. The molecule has 3 heteroatoms. The molecule has 1 N–H and O–H groups in total. The summed E-state index contributed by atoms with van der Waals surface area (Å²) in [5, 5.41) is 3.28. The smallest absolute Gasteiger partial charge is 0.126 e. The fourth-order valence-electron chi connectivity index (χ4n) is 1.26. The molecule has 78 valence electrons. The summed E-state index contributed by atoms with van der Waals surface area (Å²) >= 11 is 0. The van der Waals surface area contributed by atoms with Gasteiger partial charge in [-0.25, -0.2) is 4.98 Å². The minimum absolute atomic E-state index is 0.502. The van der Waals surface area contributed by atoms with E-state index in [0.717, 1.165) is 19.0 Å². The predicted octanol–water partition coefficient (Wildman–Crippen LogP) is 2.08. The lowest BCUT2D eigenvalue weighted by molar-refractivity contribution is 0.164. The molecule has 1 atom stereocenters. The van der Waals surface area contributed by atoms with Crippen molar-refractivity contribution < 1.29 is 4.74 Å². The summed E-state index contributed by atoms with van der Waals surface area (Å²) in [4.78, 5) is 4.22. The van der Waals surface area contributed by atoms with Crippen molar-refractivity contribution in [1.82, 2.24) is 4.98 Å². The minimum Gasteiger partial charge on any atom is -0.384 e. The Balaban J connectivity index is 2.37. The van der Waals surface area contributed by atoms with Crippen molar-refractivity contribution in [3.63, 3.8) is 0 Å². The zero-order chi connectivity index (χ0) is 10.4. The maximum absolute atomic E-state index is 5.06. The number of anilines is 1. The van der Waals surface area contributed by atoms with Gasteiger partial charge in [-0.1, -0.05) is 6.92 Å². The van der Waals surface area contributed by atoms with Gasteiger partial charge in [-0.2, -0.15) is 0 Å². The molecule has 1 aromatic heterocycles. The molecule has 0 amide bonds. The van der Waals surface area contributed by atoms with E-state index < -0.39 is 0 Å². The third-order valence-corrected chi connectivity index (χ3v) is 2.00. The Hall–Kier alpha value is -1.09. The van der Waals surface area contributed by atoms with E-state index in [1.807, 2.05) is 18.3 Å². The SMILES string of the molecule is COCC(C)CNc1cc(C)ccn1. The van der Waals surface area contributed by atoms with Gasteiger partial charge in [0.15, 0.2) is 0 Å². The summed E-state index contributed by atoms with van der Waals surface area (Å²) in [6.45, 7) is 5.88. The molecule has 0 aliphatic heterocycles. The van der Waals surface area contributed by atoms with E-state index in [4.69, 9.17) is 4.74 Å². The van der Waals surface area contributed by atoms with Crippen LogP contribution in [0.3, 0.4) is 0 Å². The average Bonchev–Trinajstić information content (AvgIpc) is 2.15. The molecule has 1 unspecified atom stereocenters. The van der Waals surface area contributed by atoms with Gasteiger partial charge in [0, 0.05) is 19.9 Å². The summed E-state index contributed by atoms with van der Waals surface area (Å²) < 4.78 is 5.06. The predicted molar refractivity (Wildman–Crippen MR) is 58.5 cm³/mol. The number of rotatable bonds is 5. The number of hydrogen-bond donors (Lipinski definition) is 1. The molecule has 1 heterocycles. The van der Waals surface area contributed by atoms with E-state index in [2.05, 4.69) is 24.1 Å². The highest BCUT2D eigenvalue weighted by molar-refractivity contribution is 5.36. The number of aryl methyl sites for hydroxylation is 1. The van der Waals surface area contributed by atoms with Crippen LogP contribution >= 0.6 is 0 Å². The molecular weight excluding hydrogens is 176 g/mol. The van der Waals surface area contributed by atoms with Crippen molar-refractivity contribution in [1.29, 1.82) is 0 Å². The van der Waals surface area contributed by atoms with E-state index in [1.54, 1.807) is 7.11 Å². The second kappa shape index (κ2) is 5.60. The second-order valence-corrected chi connectivity index (χ2v) is 3.66. The zero-order valence-electron chi connectivity index (χ0n) is 9.08. The van der Waals surface area contributed by atoms with Crippen molar-refractivity contribution in [2.24, 2.45) is 5.92 Å². The molecule has 0 spiro atoms. The standard InChI is InChI=1S/C11H18N2O/c1-9-4-5-12-11(6-9)13-7-10(2)8-14-3/h4-6,10H,7-8H2,1-3H3,(H,12,13). The molecule has 0 fully saturated rings. The van der Waals surface area contributed by atoms with Gasteiger partial charge in [-0.15, -0.1) is 0 Å². The number of nitrogens with zero attached hydrogens (tertiary/aromatic N) is 1. The van der Waals surface area contributed by atoms with E-state index in [-0.39, 0.29) is 0 Å². The van der Waals surface area contributed by atoms with Crippen LogP contribution in [-0.4, -0.2) is 25.2 Å². The van der Waals surface area contributed by atoms with Crippen molar-refractivity contribution in [2.45, 2.75) is 13.8 Å². The second-order valence-electron chi connectivity index (χ2n) is 3.66. The molecule has 0 aromatic carbocycles. The Morgan fingerprint density at radius 3 is 3.00 bits per heavy atom. The summed E-state index contributed by atoms with van der Waals surface area (Å²) in [5.41, 5.74) is 1.22. The van der Waals surface area contributed by atoms with Crippen LogP contribution in [-0.2, 0) is 4.74 Å². The average molecular weight is 194 g/mol. The van der Waals surface area contributed by atoms with Gasteiger partial charge >= 0.3 is 0 Å². The van der Waals surface area contributed by atoms with Crippen LogP contribution in [0.4, 0.5) is 5.82 Å². The zero-order valence-corrected chi connectivity index (χ0v) is 9.08. The first kappa shape index (κ1) is 11.0. The fourth-order valence-corrected chi connectivity index (χ4v) is 1.26. The number of nitrogens with one attached hydrogen (secondary N) is 1. The van der Waals surface area contributed by atoms with Crippen LogP contribution in [0.25, 0.3) is 0 Å². The molecule has 1 aromatic rings. The van der Waals surface area contributed by atoms with E-state index >= 15 is 0 Å². The van der Waals surface area contributed by atoms with E-state index in [9.17, 15) is 0 Å². The Bertz CT molecular complexity index is 276. The molecule has 0 saturated carbocycles. The molecular formula is C11H18N2O. The van der Waals surface area contributed by atoms with E-state index in [1.165, 1.54) is 5.56 Å². The van der Waals surface area contributed by atoms with Gasteiger partial charge in [0.05, 0.1) is 6.61 Å². The normalized spacial score (nSPS) is 12.5. The van der Waals surface area contributed by atoms with Crippen LogP contribution in [0.15, 0.2) is 18.3 Å². The summed E-state index contributed by atoms with van der Waals surface area (Å²) in [6, 6.07) is 4.03. The number of ether oxygens (including phenoxy) is 1. The molecule has 1 rings (SSSR count). The lowest BCUT2D eigenvalue weighted by Gasteiger charge is -2.11. The largest absolute Gasteiger partial charge is 0.384 e. The van der Waals surface area contributed by atoms with Crippen LogP contribution in [0.1, 0.15) is 12.5 Å². The van der Waals surface area contributed by atoms with Crippen molar-refractivity contribution in [3.8, 4) is 0 Å². The highest BCUT2D eigenvalue weighted by Crippen LogP contribution is 2.06. The number of hydrogen-bond acceptors (Lipinski definition) is 3. The van der Waals surface area contributed by atoms with Crippen LogP contribution in [0, 0.1) is 12.8 Å². The molecule has 0 saturated heterocycles. The minimum atomic E-state index is 0.502. The first-order valence-electron chi connectivity index (χ1n) is 4.88. The Morgan fingerprint density at radius 2 is 2.36 bits per heavy atom. The van der Waals surface area contributed by atoms with Gasteiger partial charge in [0.1, 0.15) is 5.82 Å². The highest BCUT2D eigenvalue weighted by atomic mass is 16.5. The fraction of sp³-hybridized carbons (Fsp3) is 0.545.